The molecule has 2 nitrogen and oxygen atoms in total. The molecule has 0 spiro atoms. The molecule has 0 aliphatic heterocycles. The van der Waals surface area contributed by atoms with Crippen molar-refractivity contribution in [2.24, 2.45) is 11.7 Å². The summed E-state index contributed by atoms with van der Waals surface area (Å²) in [5.74, 6) is 1.43. The number of benzene rings is 1. The summed E-state index contributed by atoms with van der Waals surface area (Å²) in [4.78, 5) is 0. The third kappa shape index (κ3) is 3.98. The Morgan fingerprint density at radius 2 is 2.22 bits per heavy atom. The van der Waals surface area contributed by atoms with E-state index >= 15 is 0 Å². The lowest BCUT2D eigenvalue weighted by Crippen LogP contribution is -2.22. The first-order chi connectivity index (χ1) is 8.69. The normalized spacial score (nSPS) is 16.6. The summed E-state index contributed by atoms with van der Waals surface area (Å²) >= 11 is 0. The molecule has 1 aromatic rings. The van der Waals surface area contributed by atoms with Crippen LogP contribution in [0, 0.1) is 11.7 Å². The van der Waals surface area contributed by atoms with Gasteiger partial charge in [-0.05, 0) is 48.9 Å². The number of halogens is 1. The number of ether oxygens (including phenoxy) is 1. The van der Waals surface area contributed by atoms with Crippen LogP contribution in [0.25, 0.3) is 0 Å². The summed E-state index contributed by atoms with van der Waals surface area (Å²) in [5, 5.41) is 0. The molecule has 1 atom stereocenters. The van der Waals surface area contributed by atoms with E-state index in [9.17, 15) is 4.39 Å². The maximum atomic E-state index is 13.3. The lowest BCUT2D eigenvalue weighted by atomic mass is 10.0. The Morgan fingerprint density at radius 1 is 1.44 bits per heavy atom. The van der Waals surface area contributed by atoms with E-state index in [0.29, 0.717) is 6.42 Å². The van der Waals surface area contributed by atoms with Crippen LogP contribution in [-0.4, -0.2) is 12.6 Å². The van der Waals surface area contributed by atoms with Crippen molar-refractivity contribution in [3.05, 3.63) is 29.6 Å². The minimum absolute atomic E-state index is 0.0672. The minimum atomic E-state index is -0.220. The van der Waals surface area contributed by atoms with Crippen molar-refractivity contribution in [1.82, 2.24) is 0 Å². The molecule has 100 valence electrons. The number of hydrogen-bond donors (Lipinski definition) is 1. The molecule has 0 radical (unpaired) electrons. The lowest BCUT2D eigenvalue weighted by Gasteiger charge is -2.14. The fourth-order valence-corrected chi connectivity index (χ4v) is 2.02. The summed E-state index contributed by atoms with van der Waals surface area (Å²) in [6, 6.07) is 4.78. The molecule has 1 aliphatic carbocycles. The molecule has 2 N–H and O–H groups in total. The molecular weight excluding hydrogens is 229 g/mol. The molecule has 1 fully saturated rings. The molecule has 18 heavy (non-hydrogen) atoms. The highest BCUT2D eigenvalue weighted by Gasteiger charge is 2.21. The van der Waals surface area contributed by atoms with E-state index in [2.05, 4.69) is 0 Å². The highest BCUT2D eigenvalue weighted by Crippen LogP contribution is 2.32. The van der Waals surface area contributed by atoms with Crippen LogP contribution in [0.3, 0.4) is 0 Å². The quantitative estimate of drug-likeness (QED) is 0.807. The van der Waals surface area contributed by atoms with Gasteiger partial charge in [-0.1, -0.05) is 19.8 Å². The highest BCUT2D eigenvalue weighted by molar-refractivity contribution is 5.34. The molecule has 0 heterocycles. The largest absolute Gasteiger partial charge is 0.493 e. The van der Waals surface area contributed by atoms with E-state index in [1.165, 1.54) is 18.9 Å². The van der Waals surface area contributed by atoms with Crippen LogP contribution < -0.4 is 10.5 Å². The molecule has 2 rings (SSSR count). The van der Waals surface area contributed by atoms with Gasteiger partial charge in [-0.2, -0.15) is 0 Å². The maximum absolute atomic E-state index is 13.3. The van der Waals surface area contributed by atoms with Gasteiger partial charge in [0.1, 0.15) is 11.6 Å². The van der Waals surface area contributed by atoms with Crippen LogP contribution >= 0.6 is 0 Å². The average molecular weight is 251 g/mol. The predicted octanol–water partition coefficient (Wildman–Crippen LogP) is 3.28. The van der Waals surface area contributed by atoms with E-state index in [1.807, 2.05) is 6.92 Å². The van der Waals surface area contributed by atoms with E-state index in [0.717, 1.165) is 36.7 Å². The van der Waals surface area contributed by atoms with Crippen LogP contribution in [0.5, 0.6) is 5.75 Å². The Labute approximate surface area is 108 Å². The Bertz CT molecular complexity index is 390. The fraction of sp³-hybridized carbons (Fsp3) is 0.600. The molecule has 0 amide bonds. The van der Waals surface area contributed by atoms with Gasteiger partial charge in [0, 0.05) is 6.04 Å². The highest BCUT2D eigenvalue weighted by atomic mass is 19.1. The van der Waals surface area contributed by atoms with Gasteiger partial charge >= 0.3 is 0 Å². The number of nitrogens with two attached hydrogens (primary N) is 1. The van der Waals surface area contributed by atoms with Crippen molar-refractivity contribution in [1.29, 1.82) is 0 Å². The van der Waals surface area contributed by atoms with Crippen LogP contribution in [-0.2, 0) is 6.42 Å². The van der Waals surface area contributed by atoms with Crippen LogP contribution in [0.15, 0.2) is 18.2 Å². The van der Waals surface area contributed by atoms with Gasteiger partial charge in [-0.25, -0.2) is 4.39 Å². The van der Waals surface area contributed by atoms with Crippen molar-refractivity contribution in [3.8, 4) is 5.75 Å². The van der Waals surface area contributed by atoms with E-state index < -0.39 is 0 Å². The minimum Gasteiger partial charge on any atom is -0.493 e. The zero-order valence-electron chi connectivity index (χ0n) is 11.0. The second-order valence-corrected chi connectivity index (χ2v) is 5.21. The second kappa shape index (κ2) is 6.19. The van der Waals surface area contributed by atoms with Crippen molar-refractivity contribution >= 4 is 0 Å². The summed E-state index contributed by atoms with van der Waals surface area (Å²) in [6.45, 7) is 2.77. The molecule has 3 heteroatoms. The lowest BCUT2D eigenvalue weighted by molar-refractivity contribution is 0.298. The molecular formula is C15H22FNO. The zero-order valence-corrected chi connectivity index (χ0v) is 11.0. The first-order valence-electron chi connectivity index (χ1n) is 6.86. The smallest absolute Gasteiger partial charge is 0.123 e. The monoisotopic (exact) mass is 251 g/mol. The molecule has 1 saturated carbocycles. The topological polar surface area (TPSA) is 35.2 Å². The first kappa shape index (κ1) is 13.3. The number of hydrogen-bond acceptors (Lipinski definition) is 2. The van der Waals surface area contributed by atoms with E-state index in [1.54, 1.807) is 12.1 Å². The van der Waals surface area contributed by atoms with Gasteiger partial charge in [-0.15, -0.1) is 0 Å². The van der Waals surface area contributed by atoms with Crippen molar-refractivity contribution < 1.29 is 9.13 Å². The third-order valence-corrected chi connectivity index (χ3v) is 3.51. The Morgan fingerprint density at radius 3 is 2.89 bits per heavy atom. The molecule has 1 aliphatic rings. The number of rotatable bonds is 7. The molecule has 0 bridgehead atoms. The second-order valence-electron chi connectivity index (χ2n) is 5.21. The predicted molar refractivity (Wildman–Crippen MR) is 71.2 cm³/mol. The van der Waals surface area contributed by atoms with Gasteiger partial charge in [-0.3, -0.25) is 0 Å². The fourth-order valence-electron chi connectivity index (χ4n) is 2.02. The standard InChI is InChI=1S/C15H22FNO/c1-2-14(17)10-12-9-13(16)5-6-15(12)18-8-7-11-3-4-11/h5-6,9,11,14H,2-4,7-8,10,17H2,1H3. The van der Waals surface area contributed by atoms with Crippen molar-refractivity contribution in [2.45, 2.75) is 45.1 Å². The van der Waals surface area contributed by atoms with Gasteiger partial charge in [0.25, 0.3) is 0 Å². The van der Waals surface area contributed by atoms with Gasteiger partial charge in [0.05, 0.1) is 6.61 Å². The van der Waals surface area contributed by atoms with Crippen molar-refractivity contribution in [2.75, 3.05) is 6.61 Å². The van der Waals surface area contributed by atoms with Gasteiger partial charge in [0.15, 0.2) is 0 Å². The Kier molecular flexibility index (Phi) is 4.59. The molecule has 1 aromatic carbocycles. The molecule has 1 unspecified atom stereocenters. The Balaban J connectivity index is 1.96. The van der Waals surface area contributed by atoms with E-state index in [4.69, 9.17) is 10.5 Å². The summed E-state index contributed by atoms with van der Waals surface area (Å²) < 4.78 is 19.0. The maximum Gasteiger partial charge on any atom is 0.123 e. The van der Waals surface area contributed by atoms with Gasteiger partial charge in [0.2, 0.25) is 0 Å². The van der Waals surface area contributed by atoms with Crippen LogP contribution in [0.2, 0.25) is 0 Å². The Hall–Kier alpha value is -1.09. The van der Waals surface area contributed by atoms with Crippen molar-refractivity contribution in [3.63, 3.8) is 0 Å². The summed E-state index contributed by atoms with van der Waals surface area (Å²) in [5.41, 5.74) is 6.82. The zero-order chi connectivity index (χ0) is 13.0. The average Bonchev–Trinajstić information content (AvgIpc) is 3.16. The van der Waals surface area contributed by atoms with E-state index in [-0.39, 0.29) is 11.9 Å². The van der Waals surface area contributed by atoms with Crippen LogP contribution in [0.1, 0.15) is 38.2 Å². The SMILES string of the molecule is CCC(N)Cc1cc(F)ccc1OCCC1CC1. The van der Waals surface area contributed by atoms with Crippen LogP contribution in [0.4, 0.5) is 4.39 Å². The first-order valence-corrected chi connectivity index (χ1v) is 6.86. The molecule has 0 aromatic heterocycles. The molecule has 0 saturated heterocycles. The third-order valence-electron chi connectivity index (χ3n) is 3.51. The van der Waals surface area contributed by atoms with Gasteiger partial charge < -0.3 is 10.5 Å². The summed E-state index contributed by atoms with van der Waals surface area (Å²) in [6.07, 6.45) is 5.34. The summed E-state index contributed by atoms with van der Waals surface area (Å²) in [7, 11) is 0.